The van der Waals surface area contributed by atoms with Crippen molar-refractivity contribution in [3.05, 3.63) is 19.8 Å². The molecule has 2 unspecified atom stereocenters. The van der Waals surface area contributed by atoms with E-state index in [4.69, 9.17) is 11.6 Å². The van der Waals surface area contributed by atoms with Crippen molar-refractivity contribution in [3.63, 3.8) is 0 Å². The van der Waals surface area contributed by atoms with Crippen LogP contribution in [-0.2, 0) is 0 Å². The predicted octanol–water partition coefficient (Wildman–Crippen LogP) is 4.39. The second-order valence-corrected chi connectivity index (χ2v) is 7.16. The Morgan fingerprint density at radius 2 is 2.13 bits per heavy atom. The molecular weight excluding hydrogens is 296 g/mol. The van der Waals surface area contributed by atoms with E-state index in [2.05, 4.69) is 15.9 Å². The number of carbonyl (C=O) groups is 1. The van der Waals surface area contributed by atoms with Crippen LogP contribution in [0.25, 0.3) is 0 Å². The Bertz CT molecular complexity index is 399. The number of rotatable bonds is 2. The zero-order chi connectivity index (χ0) is 10.6. The van der Waals surface area contributed by atoms with Crippen LogP contribution in [0.3, 0.4) is 0 Å². The molecule has 0 aromatic carbocycles. The second-order valence-electron chi connectivity index (χ2n) is 4.38. The highest BCUT2D eigenvalue weighted by atomic mass is 79.9. The van der Waals surface area contributed by atoms with Crippen molar-refractivity contribution < 1.29 is 4.79 Å². The third-order valence-electron chi connectivity index (χ3n) is 3.60. The van der Waals surface area contributed by atoms with Gasteiger partial charge in [0.25, 0.3) is 0 Å². The van der Waals surface area contributed by atoms with Crippen LogP contribution in [0.2, 0.25) is 5.02 Å². The van der Waals surface area contributed by atoms with Crippen LogP contribution in [0.1, 0.15) is 28.9 Å². The zero-order valence-electron chi connectivity index (χ0n) is 8.00. The number of carbonyl (C=O) groups excluding carboxylic acids is 1. The van der Waals surface area contributed by atoms with Gasteiger partial charge in [-0.3, -0.25) is 4.79 Å². The fraction of sp³-hybridized carbons (Fsp3) is 0.545. The fourth-order valence-electron chi connectivity index (χ4n) is 2.84. The first-order chi connectivity index (χ1) is 7.18. The highest BCUT2D eigenvalue weighted by Gasteiger charge is 2.56. The number of hydrogen-bond donors (Lipinski definition) is 0. The molecule has 0 bridgehead atoms. The van der Waals surface area contributed by atoms with Crippen molar-refractivity contribution in [2.45, 2.75) is 19.3 Å². The molecule has 2 saturated carbocycles. The SMILES string of the molecule is O=C(c1cc(Cl)c(Br)s1)C1C2CCCC21. The molecule has 1 aromatic rings. The number of ketones is 1. The molecule has 0 saturated heterocycles. The van der Waals surface area contributed by atoms with Gasteiger partial charge in [-0.25, -0.2) is 0 Å². The molecule has 80 valence electrons. The van der Waals surface area contributed by atoms with Crippen LogP contribution in [0.15, 0.2) is 9.85 Å². The van der Waals surface area contributed by atoms with Crippen molar-refractivity contribution in [2.75, 3.05) is 0 Å². The van der Waals surface area contributed by atoms with E-state index in [0.717, 1.165) is 8.66 Å². The van der Waals surface area contributed by atoms with Crippen molar-refractivity contribution in [1.29, 1.82) is 0 Å². The van der Waals surface area contributed by atoms with Crippen LogP contribution in [-0.4, -0.2) is 5.78 Å². The van der Waals surface area contributed by atoms with Gasteiger partial charge in [0.15, 0.2) is 5.78 Å². The number of halogens is 2. The van der Waals surface area contributed by atoms with Gasteiger partial charge in [-0.2, -0.15) is 0 Å². The summed E-state index contributed by atoms with van der Waals surface area (Å²) in [5, 5.41) is 0.661. The van der Waals surface area contributed by atoms with E-state index in [1.54, 1.807) is 6.07 Å². The maximum absolute atomic E-state index is 12.1. The van der Waals surface area contributed by atoms with Crippen molar-refractivity contribution >= 4 is 44.7 Å². The Labute approximate surface area is 106 Å². The van der Waals surface area contributed by atoms with Gasteiger partial charge in [0.1, 0.15) is 0 Å². The summed E-state index contributed by atoms with van der Waals surface area (Å²) in [4.78, 5) is 12.9. The summed E-state index contributed by atoms with van der Waals surface area (Å²) < 4.78 is 0.873. The first-order valence-electron chi connectivity index (χ1n) is 5.17. The lowest BCUT2D eigenvalue weighted by Gasteiger charge is -1.99. The van der Waals surface area contributed by atoms with E-state index in [1.165, 1.54) is 30.6 Å². The Kier molecular flexibility index (Phi) is 2.45. The van der Waals surface area contributed by atoms with E-state index in [1.807, 2.05) is 0 Å². The molecule has 15 heavy (non-hydrogen) atoms. The standard InChI is InChI=1S/C11H10BrClOS/c12-11-7(13)4-8(15-11)10(14)9-5-2-1-3-6(5)9/h4-6,9H,1-3H2. The molecule has 0 spiro atoms. The Morgan fingerprint density at radius 3 is 2.67 bits per heavy atom. The summed E-state index contributed by atoms with van der Waals surface area (Å²) in [6, 6.07) is 1.80. The van der Waals surface area contributed by atoms with E-state index < -0.39 is 0 Å². The first-order valence-corrected chi connectivity index (χ1v) is 7.16. The summed E-state index contributed by atoms with van der Waals surface area (Å²) in [5.74, 6) is 2.02. The Balaban J connectivity index is 1.81. The topological polar surface area (TPSA) is 17.1 Å². The highest BCUT2D eigenvalue weighted by Crippen LogP contribution is 2.59. The average molecular weight is 306 g/mol. The van der Waals surface area contributed by atoms with Crippen molar-refractivity contribution in [3.8, 4) is 0 Å². The molecule has 2 atom stereocenters. The monoisotopic (exact) mass is 304 g/mol. The van der Waals surface area contributed by atoms with Gasteiger partial charge >= 0.3 is 0 Å². The van der Waals surface area contributed by atoms with Crippen LogP contribution < -0.4 is 0 Å². The summed E-state index contributed by atoms with van der Waals surface area (Å²) >= 11 is 10.7. The third-order valence-corrected chi connectivity index (χ3v) is 6.09. The molecule has 0 radical (unpaired) electrons. The van der Waals surface area contributed by atoms with Gasteiger partial charge in [0, 0.05) is 5.92 Å². The van der Waals surface area contributed by atoms with Crippen LogP contribution >= 0.6 is 38.9 Å². The maximum Gasteiger partial charge on any atom is 0.176 e. The van der Waals surface area contributed by atoms with Crippen LogP contribution in [0, 0.1) is 17.8 Å². The van der Waals surface area contributed by atoms with Gasteiger partial charge in [-0.05, 0) is 46.7 Å². The summed E-state index contributed by atoms with van der Waals surface area (Å²) in [6.07, 6.45) is 3.82. The van der Waals surface area contributed by atoms with Gasteiger partial charge in [-0.1, -0.05) is 18.0 Å². The minimum absolute atomic E-state index is 0.320. The van der Waals surface area contributed by atoms with E-state index in [9.17, 15) is 4.79 Å². The lowest BCUT2D eigenvalue weighted by atomic mass is 10.1. The smallest absolute Gasteiger partial charge is 0.176 e. The molecule has 3 rings (SSSR count). The van der Waals surface area contributed by atoms with Gasteiger partial charge in [-0.15, -0.1) is 11.3 Å². The Morgan fingerprint density at radius 1 is 1.47 bits per heavy atom. The average Bonchev–Trinajstić information content (AvgIpc) is 2.59. The predicted molar refractivity (Wildman–Crippen MR) is 65.7 cm³/mol. The van der Waals surface area contributed by atoms with E-state index in [-0.39, 0.29) is 0 Å². The van der Waals surface area contributed by atoms with Gasteiger partial charge in [0.05, 0.1) is 13.7 Å². The number of hydrogen-bond acceptors (Lipinski definition) is 2. The molecule has 4 heteroatoms. The first kappa shape index (κ1) is 10.3. The summed E-state index contributed by atoms with van der Waals surface area (Å²) in [5.41, 5.74) is 0. The number of fused-ring (bicyclic) bond motifs is 1. The molecular formula is C11H10BrClOS. The molecule has 0 amide bonds. The summed E-state index contributed by atoms with van der Waals surface area (Å²) in [6.45, 7) is 0. The molecule has 1 heterocycles. The normalized spacial score (nSPS) is 32.8. The van der Waals surface area contributed by atoms with Crippen molar-refractivity contribution in [2.24, 2.45) is 17.8 Å². The van der Waals surface area contributed by atoms with Gasteiger partial charge < -0.3 is 0 Å². The molecule has 2 aliphatic carbocycles. The maximum atomic E-state index is 12.1. The molecule has 1 aromatic heterocycles. The molecule has 2 aliphatic rings. The fourth-order valence-corrected chi connectivity index (χ4v) is 4.53. The molecule has 0 aliphatic heterocycles. The molecule has 2 fully saturated rings. The second kappa shape index (κ2) is 3.57. The number of thiophene rings is 1. The van der Waals surface area contributed by atoms with Crippen molar-refractivity contribution in [1.82, 2.24) is 0 Å². The lowest BCUT2D eigenvalue weighted by Crippen LogP contribution is -2.03. The minimum Gasteiger partial charge on any atom is -0.293 e. The minimum atomic E-state index is 0.320. The quantitative estimate of drug-likeness (QED) is 0.741. The van der Waals surface area contributed by atoms with E-state index >= 15 is 0 Å². The summed E-state index contributed by atoms with van der Waals surface area (Å²) in [7, 11) is 0. The zero-order valence-corrected chi connectivity index (χ0v) is 11.2. The number of Topliss-reactive ketones (excluding diaryl/α,β-unsaturated/α-hetero) is 1. The van der Waals surface area contributed by atoms with E-state index in [0.29, 0.717) is 28.6 Å². The molecule has 1 nitrogen and oxygen atoms in total. The van der Waals surface area contributed by atoms with Crippen LogP contribution in [0.5, 0.6) is 0 Å². The lowest BCUT2D eigenvalue weighted by molar-refractivity contribution is 0.0955. The highest BCUT2D eigenvalue weighted by molar-refractivity contribution is 9.11. The largest absolute Gasteiger partial charge is 0.293 e. The van der Waals surface area contributed by atoms with Gasteiger partial charge in [0.2, 0.25) is 0 Å². The molecule has 0 N–H and O–H groups in total. The third kappa shape index (κ3) is 1.60. The van der Waals surface area contributed by atoms with Crippen LogP contribution in [0.4, 0.5) is 0 Å². The Hall–Kier alpha value is 0.140.